The lowest BCUT2D eigenvalue weighted by molar-refractivity contribution is 0.750. The number of hydrogen-bond donors (Lipinski definition) is 1. The Bertz CT molecular complexity index is 4300. The van der Waals surface area contributed by atoms with Crippen LogP contribution in [0.5, 0.6) is 0 Å². The van der Waals surface area contributed by atoms with Gasteiger partial charge in [0.25, 0.3) is 0 Å². The normalized spacial score (nSPS) is 13.5. The molecule has 1 N–H and O–H groups in total. The maximum atomic E-state index is 5.47. The van der Waals surface area contributed by atoms with E-state index in [-0.39, 0.29) is 6.04 Å². The van der Waals surface area contributed by atoms with E-state index in [1.807, 2.05) is 0 Å². The third-order valence-electron chi connectivity index (χ3n) is 14.3. The molecule has 0 radical (unpaired) electrons. The highest BCUT2D eigenvalue weighted by Crippen LogP contribution is 2.42. The molecule has 12 aromatic carbocycles. The number of rotatable bonds is 6. The zero-order valence-electron chi connectivity index (χ0n) is 38.0. The van der Waals surface area contributed by atoms with Gasteiger partial charge in [-0.15, -0.1) is 0 Å². The lowest BCUT2D eigenvalue weighted by Gasteiger charge is -2.29. The van der Waals surface area contributed by atoms with Crippen molar-refractivity contribution in [2.24, 2.45) is 4.99 Å². The van der Waals surface area contributed by atoms with E-state index in [2.05, 4.69) is 248 Å². The van der Waals surface area contributed by atoms with Gasteiger partial charge in [-0.3, -0.25) is 0 Å². The van der Waals surface area contributed by atoms with E-state index >= 15 is 0 Å². The Kier molecular flexibility index (Phi) is 9.24. The number of aliphatic imine (C=N–C) groups is 1. The third-order valence-corrected chi connectivity index (χ3v) is 14.3. The van der Waals surface area contributed by atoms with E-state index in [0.29, 0.717) is 5.82 Å². The van der Waals surface area contributed by atoms with Crippen LogP contribution >= 0.6 is 0 Å². The standard InChI is InChI=1S/C66H42N4/c1-3-23-47-43(17-1)39-59(53-29-9-5-25-49(47)53)41-19-15-21-45(37-41)63-57-31-11-13-33-61(57)68-66(69-63)56-36-35-55(51-27-7-8-28-52(51)56)64-58-32-12-14-34-62(58)67-65(70-64)46-22-16-20-42(38-46)60-40-44-18-2-4-24-48(44)50-26-6-10-30-54(50)60/h1-40,63H,(H,68,69). The predicted molar refractivity (Wildman–Crippen MR) is 293 cm³/mol. The molecule has 13 aromatic rings. The summed E-state index contributed by atoms with van der Waals surface area (Å²) in [6.07, 6.45) is 0. The molecule has 4 nitrogen and oxygen atoms in total. The minimum absolute atomic E-state index is 0.134. The average molecular weight is 891 g/mol. The minimum atomic E-state index is -0.134. The maximum Gasteiger partial charge on any atom is 0.160 e. The average Bonchev–Trinajstić information content (AvgIpc) is 3.44. The van der Waals surface area contributed by atoms with Crippen molar-refractivity contribution in [3.05, 3.63) is 259 Å². The molecule has 4 heteroatoms. The van der Waals surface area contributed by atoms with Gasteiger partial charge >= 0.3 is 0 Å². The molecule has 1 atom stereocenters. The number of hydrogen-bond acceptors (Lipinski definition) is 4. The van der Waals surface area contributed by atoms with Gasteiger partial charge in [-0.05, 0) is 124 Å². The predicted octanol–water partition coefficient (Wildman–Crippen LogP) is 16.8. The van der Waals surface area contributed by atoms with Crippen molar-refractivity contribution in [3.8, 4) is 44.9 Å². The van der Waals surface area contributed by atoms with Crippen LogP contribution in [0.4, 0.5) is 5.69 Å². The molecule has 1 aliphatic rings. The molecule has 0 saturated heterocycles. The molecule has 14 rings (SSSR count). The molecule has 70 heavy (non-hydrogen) atoms. The smallest absolute Gasteiger partial charge is 0.160 e. The van der Waals surface area contributed by atoms with E-state index in [1.54, 1.807) is 0 Å². The van der Waals surface area contributed by atoms with Crippen LogP contribution in [0.2, 0.25) is 0 Å². The SMILES string of the molecule is c1cc(-c2nc(-c3ccc(C4=Nc5ccccc5C(c5cccc(-c6cc7ccccc7c7ccccc67)c5)N4)c4ccccc34)c3ccccc3n2)cc(-c2cc3ccccc3c3ccccc23)c1. The molecule has 0 saturated carbocycles. The van der Waals surface area contributed by atoms with E-state index in [9.17, 15) is 0 Å². The number of nitrogens with one attached hydrogen (secondary N) is 1. The molecule has 0 bridgehead atoms. The van der Waals surface area contributed by atoms with Gasteiger partial charge in [0, 0.05) is 27.6 Å². The summed E-state index contributed by atoms with van der Waals surface area (Å²) in [5, 5.41) is 17.1. The molecule has 0 spiro atoms. The summed E-state index contributed by atoms with van der Waals surface area (Å²) in [5.41, 5.74) is 12.8. The summed E-state index contributed by atoms with van der Waals surface area (Å²) in [4.78, 5) is 16.0. The molecular weight excluding hydrogens is 849 g/mol. The van der Waals surface area contributed by atoms with Crippen LogP contribution in [0.3, 0.4) is 0 Å². The Morgan fingerprint density at radius 2 is 0.829 bits per heavy atom. The van der Waals surface area contributed by atoms with Crippen molar-refractivity contribution in [3.63, 3.8) is 0 Å². The van der Waals surface area contributed by atoms with Gasteiger partial charge in [0.15, 0.2) is 5.82 Å². The first-order chi connectivity index (χ1) is 34.7. The lowest BCUT2D eigenvalue weighted by Crippen LogP contribution is -2.33. The van der Waals surface area contributed by atoms with Crippen LogP contribution in [-0.2, 0) is 0 Å². The molecule has 0 amide bonds. The summed E-state index contributed by atoms with van der Waals surface area (Å²) in [7, 11) is 0. The topological polar surface area (TPSA) is 50.2 Å². The second-order valence-corrected chi connectivity index (χ2v) is 18.3. The number of fused-ring (bicyclic) bond motifs is 9. The Morgan fingerprint density at radius 3 is 1.51 bits per heavy atom. The molecule has 326 valence electrons. The van der Waals surface area contributed by atoms with Crippen molar-refractivity contribution in [2.45, 2.75) is 6.04 Å². The van der Waals surface area contributed by atoms with Gasteiger partial charge < -0.3 is 5.32 Å². The van der Waals surface area contributed by atoms with E-state index < -0.39 is 0 Å². The first-order valence-electron chi connectivity index (χ1n) is 24.0. The third kappa shape index (κ3) is 6.57. The van der Waals surface area contributed by atoms with Crippen LogP contribution in [0.15, 0.2) is 248 Å². The molecule has 0 fully saturated rings. The van der Waals surface area contributed by atoms with Gasteiger partial charge in [0.1, 0.15) is 5.84 Å². The number of aromatic nitrogens is 2. The fraction of sp³-hybridized carbons (Fsp3) is 0.0152. The molecule has 1 aromatic heterocycles. The zero-order chi connectivity index (χ0) is 46.1. The quantitative estimate of drug-likeness (QED) is 0.169. The molecule has 1 aliphatic heterocycles. The lowest BCUT2D eigenvalue weighted by atomic mass is 9.89. The van der Waals surface area contributed by atoms with Gasteiger partial charge in [0.05, 0.1) is 22.9 Å². The summed E-state index contributed by atoms with van der Waals surface area (Å²) in [5.74, 6) is 1.52. The van der Waals surface area contributed by atoms with Crippen molar-refractivity contribution in [1.82, 2.24) is 15.3 Å². The Morgan fingerprint density at radius 1 is 0.329 bits per heavy atom. The summed E-state index contributed by atoms with van der Waals surface area (Å²) in [6, 6.07) is 87.0. The van der Waals surface area contributed by atoms with Crippen LogP contribution < -0.4 is 5.32 Å². The van der Waals surface area contributed by atoms with E-state index in [0.717, 1.165) is 66.7 Å². The second kappa shape index (κ2) is 16.2. The molecule has 1 unspecified atom stereocenters. The summed E-state index contributed by atoms with van der Waals surface area (Å²) in [6.45, 7) is 0. The van der Waals surface area contributed by atoms with Gasteiger partial charge in [-0.25, -0.2) is 15.0 Å². The van der Waals surface area contributed by atoms with E-state index in [1.165, 1.54) is 65.3 Å². The van der Waals surface area contributed by atoms with Crippen LogP contribution in [0.1, 0.15) is 22.7 Å². The van der Waals surface area contributed by atoms with Gasteiger partial charge in [-0.1, -0.05) is 200 Å². The molecule has 0 aliphatic carbocycles. The number of amidine groups is 1. The van der Waals surface area contributed by atoms with Crippen molar-refractivity contribution in [2.75, 3.05) is 0 Å². The first-order valence-corrected chi connectivity index (χ1v) is 24.0. The number of nitrogens with zero attached hydrogens (tertiary/aromatic N) is 3. The van der Waals surface area contributed by atoms with Crippen molar-refractivity contribution >= 4 is 76.3 Å². The Balaban J connectivity index is 0.874. The van der Waals surface area contributed by atoms with Crippen LogP contribution in [0.25, 0.3) is 110 Å². The first kappa shape index (κ1) is 39.9. The second-order valence-electron chi connectivity index (χ2n) is 18.3. The minimum Gasteiger partial charge on any atom is -0.359 e. The van der Waals surface area contributed by atoms with Crippen LogP contribution in [0, 0.1) is 0 Å². The number of para-hydroxylation sites is 2. The van der Waals surface area contributed by atoms with Crippen LogP contribution in [-0.4, -0.2) is 15.8 Å². The summed E-state index contributed by atoms with van der Waals surface area (Å²) >= 11 is 0. The fourth-order valence-corrected chi connectivity index (χ4v) is 11.0. The van der Waals surface area contributed by atoms with Gasteiger partial charge in [0.2, 0.25) is 0 Å². The number of benzene rings is 12. The molecular formula is C66H42N4. The maximum absolute atomic E-state index is 5.47. The highest BCUT2D eigenvalue weighted by Gasteiger charge is 2.26. The Hall–Kier alpha value is -9.25. The summed E-state index contributed by atoms with van der Waals surface area (Å²) < 4.78 is 0. The largest absolute Gasteiger partial charge is 0.359 e. The monoisotopic (exact) mass is 890 g/mol. The van der Waals surface area contributed by atoms with Crippen molar-refractivity contribution in [1.29, 1.82) is 0 Å². The van der Waals surface area contributed by atoms with Crippen molar-refractivity contribution < 1.29 is 0 Å². The Labute approximate surface area is 404 Å². The van der Waals surface area contributed by atoms with Gasteiger partial charge in [-0.2, -0.15) is 0 Å². The molecule has 2 heterocycles. The zero-order valence-corrected chi connectivity index (χ0v) is 38.0. The van der Waals surface area contributed by atoms with E-state index in [4.69, 9.17) is 15.0 Å². The highest BCUT2D eigenvalue weighted by molar-refractivity contribution is 6.17. The fourth-order valence-electron chi connectivity index (χ4n) is 11.0. The highest BCUT2D eigenvalue weighted by atomic mass is 15.1.